The van der Waals surface area contributed by atoms with Crippen molar-refractivity contribution in [3.63, 3.8) is 0 Å². The van der Waals surface area contributed by atoms with Crippen LogP contribution in [0.3, 0.4) is 0 Å². The molecular formula is C8H19ClN2O2. The van der Waals surface area contributed by atoms with Crippen molar-refractivity contribution in [1.82, 2.24) is 0 Å². The second kappa shape index (κ2) is 5.78. The van der Waals surface area contributed by atoms with Crippen LogP contribution in [-0.2, 0) is 9.47 Å². The lowest BCUT2D eigenvalue weighted by Gasteiger charge is -2.36. The molecule has 0 aromatic rings. The highest BCUT2D eigenvalue weighted by molar-refractivity contribution is 5.85. The molecule has 80 valence electrons. The molecule has 0 bridgehead atoms. The minimum Gasteiger partial charge on any atom is -0.379 e. The van der Waals surface area contributed by atoms with Crippen LogP contribution in [0.2, 0.25) is 0 Å². The van der Waals surface area contributed by atoms with Crippen molar-refractivity contribution in [2.24, 2.45) is 11.5 Å². The summed E-state index contributed by atoms with van der Waals surface area (Å²) in [6, 6.07) is 0.0858. The van der Waals surface area contributed by atoms with Crippen molar-refractivity contribution < 1.29 is 9.47 Å². The Balaban J connectivity index is 0.00000144. The van der Waals surface area contributed by atoms with Crippen LogP contribution in [0, 0.1) is 0 Å². The Morgan fingerprint density at radius 3 is 1.46 bits per heavy atom. The molecule has 4 N–H and O–H groups in total. The zero-order valence-corrected chi connectivity index (χ0v) is 8.92. The predicted molar refractivity (Wildman–Crippen MR) is 54.0 cm³/mol. The summed E-state index contributed by atoms with van der Waals surface area (Å²) in [5, 5.41) is 0. The Hall–Kier alpha value is 0.130. The molecule has 1 aliphatic carbocycles. The van der Waals surface area contributed by atoms with Crippen molar-refractivity contribution in [1.29, 1.82) is 0 Å². The monoisotopic (exact) mass is 210 g/mol. The van der Waals surface area contributed by atoms with E-state index < -0.39 is 0 Å². The van der Waals surface area contributed by atoms with Crippen LogP contribution in [0.4, 0.5) is 0 Å². The van der Waals surface area contributed by atoms with E-state index in [9.17, 15) is 0 Å². The quantitative estimate of drug-likeness (QED) is 0.667. The molecule has 1 rings (SSSR count). The predicted octanol–water partition coefficient (Wildman–Crippen LogP) is -0.113. The first-order chi connectivity index (χ1) is 5.69. The topological polar surface area (TPSA) is 70.5 Å². The maximum Gasteiger partial charge on any atom is 0.0848 e. The molecule has 0 aromatic heterocycles. The number of rotatable bonds is 2. The number of hydrogen-bond acceptors (Lipinski definition) is 4. The molecule has 0 aliphatic heterocycles. The van der Waals surface area contributed by atoms with Crippen molar-refractivity contribution in [3.8, 4) is 0 Å². The van der Waals surface area contributed by atoms with E-state index in [-0.39, 0.29) is 36.7 Å². The lowest BCUT2D eigenvalue weighted by Crippen LogP contribution is -2.53. The Kier molecular flexibility index (Phi) is 5.83. The van der Waals surface area contributed by atoms with Gasteiger partial charge in [-0.15, -0.1) is 12.4 Å². The van der Waals surface area contributed by atoms with Gasteiger partial charge in [0, 0.05) is 26.3 Å². The average molecular weight is 211 g/mol. The van der Waals surface area contributed by atoms with Gasteiger partial charge in [-0.05, 0) is 12.8 Å². The summed E-state index contributed by atoms with van der Waals surface area (Å²) >= 11 is 0. The minimum atomic E-state index is 0. The molecular weight excluding hydrogens is 192 g/mol. The van der Waals surface area contributed by atoms with E-state index in [1.165, 1.54) is 0 Å². The fourth-order valence-corrected chi connectivity index (χ4v) is 1.69. The van der Waals surface area contributed by atoms with Crippen LogP contribution in [0.15, 0.2) is 0 Å². The van der Waals surface area contributed by atoms with Crippen LogP contribution in [-0.4, -0.2) is 38.5 Å². The summed E-state index contributed by atoms with van der Waals surface area (Å²) in [6.45, 7) is 0. The second-order valence-electron chi connectivity index (χ2n) is 3.35. The van der Waals surface area contributed by atoms with Crippen LogP contribution in [0.1, 0.15) is 12.8 Å². The highest BCUT2D eigenvalue weighted by Gasteiger charge is 2.33. The molecule has 1 aliphatic rings. The fourth-order valence-electron chi connectivity index (χ4n) is 1.69. The second-order valence-corrected chi connectivity index (χ2v) is 3.35. The van der Waals surface area contributed by atoms with Crippen LogP contribution >= 0.6 is 12.4 Å². The van der Waals surface area contributed by atoms with E-state index in [0.717, 1.165) is 12.8 Å². The molecule has 13 heavy (non-hydrogen) atoms. The first-order valence-corrected chi connectivity index (χ1v) is 4.25. The van der Waals surface area contributed by atoms with Gasteiger partial charge in [-0.1, -0.05) is 0 Å². The van der Waals surface area contributed by atoms with Crippen molar-refractivity contribution >= 4 is 12.4 Å². The molecule has 4 nitrogen and oxygen atoms in total. The van der Waals surface area contributed by atoms with E-state index in [2.05, 4.69) is 0 Å². The third kappa shape index (κ3) is 3.07. The summed E-state index contributed by atoms with van der Waals surface area (Å²) in [7, 11) is 3.36. The first-order valence-electron chi connectivity index (χ1n) is 4.25. The maximum atomic E-state index is 5.80. The molecule has 1 fully saturated rings. The van der Waals surface area contributed by atoms with Crippen molar-refractivity contribution in [2.75, 3.05) is 14.2 Å². The van der Waals surface area contributed by atoms with E-state index in [1.54, 1.807) is 14.2 Å². The largest absolute Gasteiger partial charge is 0.379 e. The van der Waals surface area contributed by atoms with Gasteiger partial charge in [-0.25, -0.2) is 0 Å². The number of ether oxygens (including phenoxy) is 2. The molecule has 4 atom stereocenters. The summed E-state index contributed by atoms with van der Waals surface area (Å²) < 4.78 is 10.5. The van der Waals surface area contributed by atoms with Gasteiger partial charge in [-0.3, -0.25) is 0 Å². The molecule has 0 spiro atoms. The number of nitrogens with two attached hydrogens (primary N) is 2. The normalized spacial score (nSPS) is 39.7. The summed E-state index contributed by atoms with van der Waals surface area (Å²) in [5.74, 6) is 0. The highest BCUT2D eigenvalue weighted by Crippen LogP contribution is 2.21. The van der Waals surface area contributed by atoms with E-state index in [1.807, 2.05) is 0 Å². The van der Waals surface area contributed by atoms with Crippen molar-refractivity contribution in [2.45, 2.75) is 37.1 Å². The molecule has 0 aromatic carbocycles. The van der Waals surface area contributed by atoms with Gasteiger partial charge in [0.2, 0.25) is 0 Å². The number of hydrogen-bond donors (Lipinski definition) is 2. The molecule has 0 heterocycles. The van der Waals surface area contributed by atoms with Gasteiger partial charge in [0.05, 0.1) is 12.2 Å². The SMILES string of the molecule is CO[C@H]1C[C@@H](N)[C@@H](N)C[C@H]1OC.Cl. The van der Waals surface area contributed by atoms with E-state index in [0.29, 0.717) is 0 Å². The van der Waals surface area contributed by atoms with E-state index >= 15 is 0 Å². The Bertz CT molecular complexity index is 132. The summed E-state index contributed by atoms with van der Waals surface area (Å²) in [4.78, 5) is 0. The lowest BCUT2D eigenvalue weighted by atomic mass is 9.87. The number of methoxy groups -OCH3 is 2. The average Bonchev–Trinajstić information content (AvgIpc) is 2.09. The molecule has 5 heteroatoms. The zero-order valence-electron chi connectivity index (χ0n) is 8.10. The van der Waals surface area contributed by atoms with Gasteiger partial charge >= 0.3 is 0 Å². The Morgan fingerprint density at radius 2 is 1.23 bits per heavy atom. The Labute approximate surface area is 85.3 Å². The standard InChI is InChI=1S/C8H18N2O2.ClH/c1-11-7-3-5(9)6(10)4-8(7)12-2;/h5-8H,3-4,9-10H2,1-2H3;1H/t5-,6+,7+,8-;. The first kappa shape index (κ1) is 13.1. The molecule has 1 saturated carbocycles. The van der Waals surface area contributed by atoms with Gasteiger partial charge in [0.15, 0.2) is 0 Å². The molecule has 0 amide bonds. The van der Waals surface area contributed by atoms with Gasteiger partial charge in [0.1, 0.15) is 0 Å². The zero-order chi connectivity index (χ0) is 9.14. The summed E-state index contributed by atoms with van der Waals surface area (Å²) in [6.07, 6.45) is 1.78. The third-order valence-corrected chi connectivity index (χ3v) is 2.58. The van der Waals surface area contributed by atoms with Crippen LogP contribution in [0.5, 0.6) is 0 Å². The highest BCUT2D eigenvalue weighted by atomic mass is 35.5. The Morgan fingerprint density at radius 1 is 0.923 bits per heavy atom. The van der Waals surface area contributed by atoms with Crippen LogP contribution < -0.4 is 11.5 Å². The lowest BCUT2D eigenvalue weighted by molar-refractivity contribution is -0.0659. The third-order valence-electron chi connectivity index (χ3n) is 2.58. The molecule has 0 unspecified atom stereocenters. The minimum absolute atomic E-state index is 0. The van der Waals surface area contributed by atoms with Crippen LogP contribution in [0.25, 0.3) is 0 Å². The molecule has 0 saturated heterocycles. The maximum absolute atomic E-state index is 5.80. The summed E-state index contributed by atoms with van der Waals surface area (Å²) in [5.41, 5.74) is 11.6. The van der Waals surface area contributed by atoms with Gasteiger partial charge in [0.25, 0.3) is 0 Å². The van der Waals surface area contributed by atoms with Gasteiger partial charge < -0.3 is 20.9 Å². The van der Waals surface area contributed by atoms with E-state index in [4.69, 9.17) is 20.9 Å². The van der Waals surface area contributed by atoms with Gasteiger partial charge in [-0.2, -0.15) is 0 Å². The fraction of sp³-hybridized carbons (Fsp3) is 1.00. The smallest absolute Gasteiger partial charge is 0.0848 e. The van der Waals surface area contributed by atoms with Crippen molar-refractivity contribution in [3.05, 3.63) is 0 Å². The number of halogens is 1. The molecule has 0 radical (unpaired) electrons.